The van der Waals surface area contributed by atoms with Crippen LogP contribution < -0.4 is 0 Å². The maximum Gasteiger partial charge on any atom is 0.164 e. The highest BCUT2D eigenvalue weighted by Gasteiger charge is 2.18. The minimum Gasteiger partial charge on any atom is -0.456 e. The van der Waals surface area contributed by atoms with E-state index in [0.29, 0.717) is 17.5 Å². The van der Waals surface area contributed by atoms with E-state index in [1.807, 2.05) is 72.8 Å². The molecule has 8 aromatic rings. The van der Waals surface area contributed by atoms with Crippen molar-refractivity contribution in [1.29, 1.82) is 0 Å². The molecule has 0 atom stereocenters. The summed E-state index contributed by atoms with van der Waals surface area (Å²) in [5.74, 6) is 1.88. The molecule has 0 saturated carbocycles. The minimum absolute atomic E-state index is 0.613. The van der Waals surface area contributed by atoms with Crippen molar-refractivity contribution >= 4 is 32.7 Å². The fourth-order valence-electron chi connectivity index (χ4n) is 5.49. The van der Waals surface area contributed by atoms with Crippen molar-refractivity contribution in [2.24, 2.45) is 0 Å². The Morgan fingerprint density at radius 2 is 1.00 bits per heavy atom. The SMILES string of the molecule is c1ccc(-c2nc(-c3ccccc3)nc(-c3cccc4oc5ccc(-c6ccc7ccccc7c6)cc5c34)n2)cc1. The fraction of sp³-hybridized carbons (Fsp3) is 0. The summed E-state index contributed by atoms with van der Waals surface area (Å²) in [5.41, 5.74) is 6.72. The van der Waals surface area contributed by atoms with E-state index in [0.717, 1.165) is 49.8 Å². The van der Waals surface area contributed by atoms with Crippen LogP contribution in [0.15, 0.2) is 144 Å². The summed E-state index contributed by atoms with van der Waals surface area (Å²) >= 11 is 0. The molecule has 4 nitrogen and oxygen atoms in total. The Balaban J connectivity index is 1.35. The summed E-state index contributed by atoms with van der Waals surface area (Å²) in [5, 5.41) is 4.47. The largest absolute Gasteiger partial charge is 0.456 e. The zero-order chi connectivity index (χ0) is 27.2. The Morgan fingerprint density at radius 3 is 1.73 bits per heavy atom. The molecule has 41 heavy (non-hydrogen) atoms. The molecule has 0 amide bonds. The maximum atomic E-state index is 6.33. The van der Waals surface area contributed by atoms with Crippen molar-refractivity contribution in [2.45, 2.75) is 0 Å². The highest BCUT2D eigenvalue weighted by Crippen LogP contribution is 2.38. The zero-order valence-electron chi connectivity index (χ0n) is 22.0. The van der Waals surface area contributed by atoms with Crippen LogP contribution in [0.5, 0.6) is 0 Å². The first-order valence-corrected chi connectivity index (χ1v) is 13.6. The molecule has 2 heterocycles. The fourth-order valence-corrected chi connectivity index (χ4v) is 5.49. The first-order valence-electron chi connectivity index (χ1n) is 13.6. The second-order valence-corrected chi connectivity index (χ2v) is 10.1. The third-order valence-corrected chi connectivity index (χ3v) is 7.52. The molecule has 6 aromatic carbocycles. The van der Waals surface area contributed by atoms with Crippen molar-refractivity contribution < 1.29 is 4.42 Å². The molecule has 0 saturated heterocycles. The van der Waals surface area contributed by atoms with Crippen LogP contribution in [0.2, 0.25) is 0 Å². The molecular formula is C37H23N3O. The molecule has 0 fully saturated rings. The van der Waals surface area contributed by atoms with E-state index < -0.39 is 0 Å². The molecule has 0 bridgehead atoms. The molecule has 0 aliphatic rings. The van der Waals surface area contributed by atoms with Crippen LogP contribution in [0.1, 0.15) is 0 Å². The van der Waals surface area contributed by atoms with Gasteiger partial charge in [-0.1, -0.05) is 115 Å². The number of rotatable bonds is 4. The van der Waals surface area contributed by atoms with Crippen LogP contribution in [0, 0.1) is 0 Å². The first kappa shape index (κ1) is 23.3. The second kappa shape index (κ2) is 9.54. The minimum atomic E-state index is 0.613. The molecule has 0 radical (unpaired) electrons. The molecule has 0 aliphatic heterocycles. The van der Waals surface area contributed by atoms with Crippen molar-refractivity contribution in [3.63, 3.8) is 0 Å². The molecule has 0 spiro atoms. The lowest BCUT2D eigenvalue weighted by Gasteiger charge is -2.09. The zero-order valence-corrected chi connectivity index (χ0v) is 22.0. The molecule has 0 aliphatic carbocycles. The van der Waals surface area contributed by atoms with Gasteiger partial charge in [0.1, 0.15) is 11.2 Å². The summed E-state index contributed by atoms with van der Waals surface area (Å²) in [7, 11) is 0. The third kappa shape index (κ3) is 4.14. The maximum absolute atomic E-state index is 6.33. The lowest BCUT2D eigenvalue weighted by molar-refractivity contribution is 0.669. The number of nitrogens with zero attached hydrogens (tertiary/aromatic N) is 3. The van der Waals surface area contributed by atoms with Crippen LogP contribution in [-0.4, -0.2) is 15.0 Å². The van der Waals surface area contributed by atoms with Gasteiger partial charge in [0, 0.05) is 27.5 Å². The molecule has 8 rings (SSSR count). The predicted molar refractivity (Wildman–Crippen MR) is 166 cm³/mol. The van der Waals surface area contributed by atoms with Crippen LogP contribution in [-0.2, 0) is 0 Å². The van der Waals surface area contributed by atoms with Gasteiger partial charge in [0.05, 0.1) is 0 Å². The van der Waals surface area contributed by atoms with E-state index in [-0.39, 0.29) is 0 Å². The standard InChI is InChI=1S/C37H23N3O/c1-3-11-25(12-4-1)35-38-36(26-13-5-2-6-14-26)40-37(39-35)30-16-9-17-33-34(30)31-23-29(20-21-32(31)41-33)28-19-18-24-10-7-8-15-27(24)22-28/h1-23H. The van der Waals surface area contributed by atoms with Gasteiger partial charge in [-0.05, 0) is 46.2 Å². The van der Waals surface area contributed by atoms with Crippen molar-refractivity contribution in [2.75, 3.05) is 0 Å². The Kier molecular flexibility index (Phi) is 5.42. The highest BCUT2D eigenvalue weighted by atomic mass is 16.3. The Bertz CT molecular complexity index is 2140. The lowest BCUT2D eigenvalue weighted by atomic mass is 9.98. The van der Waals surface area contributed by atoms with Crippen LogP contribution in [0.25, 0.3) is 78.0 Å². The van der Waals surface area contributed by atoms with Gasteiger partial charge in [-0.15, -0.1) is 0 Å². The number of furan rings is 1. The van der Waals surface area contributed by atoms with E-state index in [1.165, 1.54) is 10.8 Å². The Hall–Kier alpha value is -5.61. The number of hydrogen-bond acceptors (Lipinski definition) is 4. The number of hydrogen-bond donors (Lipinski definition) is 0. The van der Waals surface area contributed by atoms with E-state index in [2.05, 4.69) is 66.7 Å². The Morgan fingerprint density at radius 1 is 0.390 bits per heavy atom. The van der Waals surface area contributed by atoms with Gasteiger partial charge in [0.25, 0.3) is 0 Å². The molecule has 0 unspecified atom stereocenters. The van der Waals surface area contributed by atoms with Gasteiger partial charge in [0.2, 0.25) is 0 Å². The number of fused-ring (bicyclic) bond motifs is 4. The molecular weight excluding hydrogens is 502 g/mol. The van der Waals surface area contributed by atoms with Gasteiger partial charge in [-0.25, -0.2) is 15.0 Å². The topological polar surface area (TPSA) is 51.8 Å². The van der Waals surface area contributed by atoms with E-state index in [4.69, 9.17) is 19.4 Å². The third-order valence-electron chi connectivity index (χ3n) is 7.52. The molecule has 192 valence electrons. The Labute approximate surface area is 236 Å². The smallest absolute Gasteiger partial charge is 0.164 e. The van der Waals surface area contributed by atoms with Gasteiger partial charge >= 0.3 is 0 Å². The highest BCUT2D eigenvalue weighted by molar-refractivity contribution is 6.12. The summed E-state index contributed by atoms with van der Waals surface area (Å²) in [4.78, 5) is 14.8. The van der Waals surface area contributed by atoms with E-state index in [9.17, 15) is 0 Å². The van der Waals surface area contributed by atoms with Crippen LogP contribution in [0.4, 0.5) is 0 Å². The molecule has 2 aromatic heterocycles. The van der Waals surface area contributed by atoms with Gasteiger partial charge in [-0.2, -0.15) is 0 Å². The number of benzene rings is 6. The normalized spacial score (nSPS) is 11.4. The van der Waals surface area contributed by atoms with Gasteiger partial charge in [0.15, 0.2) is 17.5 Å². The average molecular weight is 526 g/mol. The van der Waals surface area contributed by atoms with Gasteiger partial charge < -0.3 is 4.42 Å². The van der Waals surface area contributed by atoms with Crippen molar-refractivity contribution in [1.82, 2.24) is 15.0 Å². The molecule has 0 N–H and O–H groups in total. The quantitative estimate of drug-likeness (QED) is 0.230. The summed E-state index contributed by atoms with van der Waals surface area (Å²) in [6.07, 6.45) is 0. The van der Waals surface area contributed by atoms with E-state index in [1.54, 1.807) is 0 Å². The monoisotopic (exact) mass is 525 g/mol. The first-order chi connectivity index (χ1) is 20.3. The predicted octanol–water partition coefficient (Wildman–Crippen LogP) is 9.59. The molecule has 4 heteroatoms. The van der Waals surface area contributed by atoms with Crippen LogP contribution in [0.3, 0.4) is 0 Å². The number of aromatic nitrogens is 3. The summed E-state index contributed by atoms with van der Waals surface area (Å²) in [6, 6.07) is 47.6. The lowest BCUT2D eigenvalue weighted by Crippen LogP contribution is -2.00. The van der Waals surface area contributed by atoms with Crippen LogP contribution >= 0.6 is 0 Å². The average Bonchev–Trinajstić information content (AvgIpc) is 3.43. The summed E-state index contributed by atoms with van der Waals surface area (Å²) in [6.45, 7) is 0. The van der Waals surface area contributed by atoms with Gasteiger partial charge in [-0.3, -0.25) is 0 Å². The summed E-state index contributed by atoms with van der Waals surface area (Å²) < 4.78 is 6.33. The van der Waals surface area contributed by atoms with Crippen molar-refractivity contribution in [3.05, 3.63) is 140 Å². The van der Waals surface area contributed by atoms with E-state index >= 15 is 0 Å². The second-order valence-electron chi connectivity index (χ2n) is 10.1. The van der Waals surface area contributed by atoms with Crippen molar-refractivity contribution in [3.8, 4) is 45.3 Å².